The van der Waals surface area contributed by atoms with Crippen molar-refractivity contribution in [2.45, 2.75) is 19.1 Å². The number of sulfonamides is 1. The van der Waals surface area contributed by atoms with Gasteiger partial charge in [0, 0.05) is 0 Å². The Bertz CT molecular complexity index is 461. The molecule has 0 aliphatic heterocycles. The second kappa shape index (κ2) is 4.19. The predicted octanol–water partition coefficient (Wildman–Crippen LogP) is 1.60. The Morgan fingerprint density at radius 1 is 1.53 bits per heavy atom. The smallest absolute Gasteiger partial charge is 0.348 e. The molecule has 1 aromatic heterocycles. The molecule has 0 saturated carbocycles. The first-order valence-electron chi connectivity index (χ1n) is 4.17. The van der Waals surface area contributed by atoms with Gasteiger partial charge in [0.1, 0.15) is 4.88 Å². The second-order valence-electron chi connectivity index (χ2n) is 3.16. The molecule has 5 nitrogen and oxygen atoms in total. The standard InChI is InChI=1S/C8H11NO4S2/c1-5(2)15(12,13)9-6-3-4-14-7(6)8(10)11/h3-5,9H,1-2H3,(H,10,11). The highest BCUT2D eigenvalue weighted by Crippen LogP contribution is 2.23. The molecular formula is C8H11NO4S2. The normalized spacial score (nSPS) is 11.7. The highest BCUT2D eigenvalue weighted by Gasteiger charge is 2.20. The van der Waals surface area contributed by atoms with E-state index in [9.17, 15) is 13.2 Å². The van der Waals surface area contributed by atoms with Crippen LogP contribution in [-0.4, -0.2) is 24.7 Å². The van der Waals surface area contributed by atoms with E-state index in [1.165, 1.54) is 25.3 Å². The Kier molecular flexibility index (Phi) is 3.35. The summed E-state index contributed by atoms with van der Waals surface area (Å²) in [6.45, 7) is 3.05. The van der Waals surface area contributed by atoms with E-state index in [-0.39, 0.29) is 10.6 Å². The van der Waals surface area contributed by atoms with E-state index in [1.54, 1.807) is 0 Å². The van der Waals surface area contributed by atoms with Crippen molar-refractivity contribution in [2.75, 3.05) is 4.72 Å². The zero-order valence-corrected chi connectivity index (χ0v) is 9.85. The molecule has 7 heteroatoms. The predicted molar refractivity (Wildman–Crippen MR) is 59.0 cm³/mol. The van der Waals surface area contributed by atoms with Crippen LogP contribution < -0.4 is 4.72 Å². The molecule has 0 radical (unpaired) electrons. The molecule has 0 amide bonds. The lowest BCUT2D eigenvalue weighted by Crippen LogP contribution is -2.23. The Hall–Kier alpha value is -1.08. The molecule has 0 aliphatic carbocycles. The van der Waals surface area contributed by atoms with Crippen LogP contribution in [0.15, 0.2) is 11.4 Å². The molecule has 0 saturated heterocycles. The highest BCUT2D eigenvalue weighted by molar-refractivity contribution is 7.93. The molecule has 0 atom stereocenters. The van der Waals surface area contributed by atoms with Crippen LogP contribution in [0.4, 0.5) is 5.69 Å². The summed E-state index contributed by atoms with van der Waals surface area (Å²) in [5.41, 5.74) is 0.126. The van der Waals surface area contributed by atoms with Crippen molar-refractivity contribution < 1.29 is 18.3 Å². The van der Waals surface area contributed by atoms with Gasteiger partial charge >= 0.3 is 5.97 Å². The third-order valence-electron chi connectivity index (χ3n) is 1.73. The van der Waals surface area contributed by atoms with Crippen LogP contribution in [-0.2, 0) is 10.0 Å². The number of carboxylic acids is 1. The molecule has 0 bridgehead atoms. The molecule has 0 fully saturated rings. The van der Waals surface area contributed by atoms with Crippen molar-refractivity contribution in [2.24, 2.45) is 0 Å². The number of aromatic carboxylic acids is 1. The topological polar surface area (TPSA) is 83.5 Å². The van der Waals surface area contributed by atoms with Crippen molar-refractivity contribution in [3.05, 3.63) is 16.3 Å². The molecule has 2 N–H and O–H groups in total. The summed E-state index contributed by atoms with van der Waals surface area (Å²) in [5.74, 6) is -1.13. The SMILES string of the molecule is CC(C)S(=O)(=O)Nc1ccsc1C(=O)O. The van der Waals surface area contributed by atoms with Crippen LogP contribution in [0.5, 0.6) is 0 Å². The summed E-state index contributed by atoms with van der Waals surface area (Å²) < 4.78 is 25.2. The Balaban J connectivity index is 3.01. The Morgan fingerprint density at radius 3 is 2.60 bits per heavy atom. The van der Waals surface area contributed by atoms with E-state index < -0.39 is 21.2 Å². The molecule has 0 unspecified atom stereocenters. The third-order valence-corrected chi connectivity index (χ3v) is 4.38. The van der Waals surface area contributed by atoms with Gasteiger partial charge in [-0.05, 0) is 25.3 Å². The van der Waals surface area contributed by atoms with E-state index in [4.69, 9.17) is 5.11 Å². The second-order valence-corrected chi connectivity index (χ2v) is 6.32. The molecule has 0 aliphatic rings. The van der Waals surface area contributed by atoms with Crippen LogP contribution in [0.25, 0.3) is 0 Å². The molecule has 0 aromatic carbocycles. The maximum atomic E-state index is 11.5. The van der Waals surface area contributed by atoms with Crippen LogP contribution in [0.2, 0.25) is 0 Å². The minimum Gasteiger partial charge on any atom is -0.477 e. The maximum absolute atomic E-state index is 11.5. The molecular weight excluding hydrogens is 238 g/mol. The molecule has 1 rings (SSSR count). The number of thiophene rings is 1. The monoisotopic (exact) mass is 249 g/mol. The largest absolute Gasteiger partial charge is 0.477 e. The van der Waals surface area contributed by atoms with Crippen LogP contribution in [0, 0.1) is 0 Å². The van der Waals surface area contributed by atoms with Gasteiger partial charge in [-0.15, -0.1) is 11.3 Å². The Labute approximate surface area is 91.8 Å². The number of anilines is 1. The van der Waals surface area contributed by atoms with Crippen LogP contribution >= 0.6 is 11.3 Å². The maximum Gasteiger partial charge on any atom is 0.348 e. The van der Waals surface area contributed by atoms with Gasteiger partial charge < -0.3 is 5.11 Å². The van der Waals surface area contributed by atoms with E-state index in [0.717, 1.165) is 11.3 Å². The lowest BCUT2D eigenvalue weighted by Gasteiger charge is -2.09. The highest BCUT2D eigenvalue weighted by atomic mass is 32.2. The summed E-state index contributed by atoms with van der Waals surface area (Å²) in [7, 11) is -3.48. The quantitative estimate of drug-likeness (QED) is 0.848. The fourth-order valence-electron chi connectivity index (χ4n) is 0.826. The minimum atomic E-state index is -3.48. The summed E-state index contributed by atoms with van der Waals surface area (Å²) in [4.78, 5) is 10.7. The van der Waals surface area contributed by atoms with Gasteiger partial charge in [0.25, 0.3) is 0 Å². The lowest BCUT2D eigenvalue weighted by molar-refractivity contribution is 0.0703. The first-order valence-corrected chi connectivity index (χ1v) is 6.59. The van der Waals surface area contributed by atoms with Crippen molar-refractivity contribution in [3.8, 4) is 0 Å². The van der Waals surface area contributed by atoms with Crippen LogP contribution in [0.3, 0.4) is 0 Å². The van der Waals surface area contributed by atoms with Gasteiger partial charge in [-0.1, -0.05) is 0 Å². The lowest BCUT2D eigenvalue weighted by atomic mass is 10.4. The minimum absolute atomic E-state index is 0.000718. The number of hydrogen-bond donors (Lipinski definition) is 2. The average Bonchev–Trinajstić information content (AvgIpc) is 2.51. The molecule has 84 valence electrons. The van der Waals surface area contributed by atoms with E-state index >= 15 is 0 Å². The fourth-order valence-corrected chi connectivity index (χ4v) is 2.29. The third kappa shape index (κ3) is 2.69. The summed E-state index contributed by atoms with van der Waals surface area (Å²) in [6, 6.07) is 1.44. The van der Waals surface area contributed by atoms with Crippen molar-refractivity contribution >= 4 is 33.0 Å². The van der Waals surface area contributed by atoms with E-state index in [0.29, 0.717) is 0 Å². The van der Waals surface area contributed by atoms with E-state index in [1.807, 2.05) is 0 Å². The van der Waals surface area contributed by atoms with Gasteiger partial charge in [0.2, 0.25) is 10.0 Å². The van der Waals surface area contributed by atoms with Crippen molar-refractivity contribution in [3.63, 3.8) is 0 Å². The zero-order valence-electron chi connectivity index (χ0n) is 8.22. The van der Waals surface area contributed by atoms with Crippen molar-refractivity contribution in [1.82, 2.24) is 0 Å². The van der Waals surface area contributed by atoms with Gasteiger partial charge in [0.15, 0.2) is 0 Å². The molecule has 0 spiro atoms. The zero-order chi connectivity index (χ0) is 11.6. The van der Waals surface area contributed by atoms with Gasteiger partial charge in [-0.2, -0.15) is 0 Å². The van der Waals surface area contributed by atoms with E-state index in [2.05, 4.69) is 4.72 Å². The number of hydrogen-bond acceptors (Lipinski definition) is 4. The molecule has 1 heterocycles. The van der Waals surface area contributed by atoms with Crippen LogP contribution in [0.1, 0.15) is 23.5 Å². The first-order chi connectivity index (χ1) is 6.84. The first kappa shape index (κ1) is 12.0. The fraction of sp³-hybridized carbons (Fsp3) is 0.375. The van der Waals surface area contributed by atoms with Gasteiger partial charge in [-0.3, -0.25) is 4.72 Å². The summed E-state index contributed by atoms with van der Waals surface area (Å²) in [5, 5.41) is 9.70. The van der Waals surface area contributed by atoms with Gasteiger partial charge in [-0.25, -0.2) is 13.2 Å². The Morgan fingerprint density at radius 2 is 2.13 bits per heavy atom. The molecule has 1 aromatic rings. The van der Waals surface area contributed by atoms with Gasteiger partial charge in [0.05, 0.1) is 10.9 Å². The number of carbonyl (C=O) groups is 1. The summed E-state index contributed by atoms with van der Waals surface area (Å²) in [6.07, 6.45) is 0. The molecule has 15 heavy (non-hydrogen) atoms. The number of nitrogens with one attached hydrogen (secondary N) is 1. The number of carboxylic acid groups (broad SMARTS) is 1. The number of rotatable bonds is 4. The average molecular weight is 249 g/mol. The van der Waals surface area contributed by atoms with Crippen molar-refractivity contribution in [1.29, 1.82) is 0 Å². The summed E-state index contributed by atoms with van der Waals surface area (Å²) >= 11 is 0.984.